The van der Waals surface area contributed by atoms with Gasteiger partial charge in [0.2, 0.25) is 0 Å². The van der Waals surface area contributed by atoms with Crippen molar-refractivity contribution in [2.75, 3.05) is 13.2 Å². The molecule has 4 atom stereocenters. The van der Waals surface area contributed by atoms with Gasteiger partial charge in [0.05, 0.1) is 12.7 Å². The first-order chi connectivity index (χ1) is 6.66. The maximum Gasteiger partial charge on any atom is 0.187 e. The van der Waals surface area contributed by atoms with E-state index in [0.717, 1.165) is 13.0 Å². The lowest BCUT2D eigenvalue weighted by atomic mass is 9.94. The van der Waals surface area contributed by atoms with Crippen molar-refractivity contribution in [1.82, 2.24) is 0 Å². The minimum absolute atomic E-state index is 0.110. The lowest BCUT2D eigenvalue weighted by molar-refractivity contribution is -0.220. The number of hydrogen-bond acceptors (Lipinski definition) is 4. The second-order valence-corrected chi connectivity index (χ2v) is 4.67. The quantitative estimate of drug-likeness (QED) is 0.582. The summed E-state index contributed by atoms with van der Waals surface area (Å²) >= 11 is 0. The molecule has 0 bridgehead atoms. The summed E-state index contributed by atoms with van der Waals surface area (Å²) in [6, 6.07) is 0. The lowest BCUT2D eigenvalue weighted by Gasteiger charge is -2.28. The molecule has 0 aromatic carbocycles. The molecule has 0 saturated carbocycles. The largest absolute Gasteiger partial charge is 0.379 e. The van der Waals surface area contributed by atoms with Crippen molar-refractivity contribution in [3.63, 3.8) is 0 Å². The summed E-state index contributed by atoms with van der Waals surface area (Å²) in [5, 5.41) is 0. The van der Waals surface area contributed by atoms with E-state index in [4.69, 9.17) is 18.9 Å². The Morgan fingerprint density at radius 2 is 2.07 bits per heavy atom. The van der Waals surface area contributed by atoms with Crippen LogP contribution in [0.1, 0.15) is 20.3 Å². The molecular formula is C10H16O4. The Bertz CT molecular complexity index is 240. The SMILES string of the molecule is CC1(C)O[C@H]2O[C@@H]3COCC[C@H]3[C@H]2O1. The van der Waals surface area contributed by atoms with Crippen molar-refractivity contribution in [3.05, 3.63) is 0 Å². The van der Waals surface area contributed by atoms with Gasteiger partial charge in [0.15, 0.2) is 12.1 Å². The molecule has 3 saturated heterocycles. The minimum atomic E-state index is -0.487. The molecular weight excluding hydrogens is 184 g/mol. The molecule has 3 aliphatic heterocycles. The molecule has 3 aliphatic rings. The van der Waals surface area contributed by atoms with Crippen molar-refractivity contribution >= 4 is 0 Å². The van der Waals surface area contributed by atoms with Crippen LogP contribution >= 0.6 is 0 Å². The zero-order valence-corrected chi connectivity index (χ0v) is 8.56. The first kappa shape index (κ1) is 9.09. The molecule has 0 aromatic heterocycles. The summed E-state index contributed by atoms with van der Waals surface area (Å²) in [7, 11) is 0. The van der Waals surface area contributed by atoms with Crippen molar-refractivity contribution in [2.24, 2.45) is 5.92 Å². The van der Waals surface area contributed by atoms with E-state index in [-0.39, 0.29) is 18.5 Å². The highest BCUT2D eigenvalue weighted by atomic mass is 16.8. The topological polar surface area (TPSA) is 36.9 Å². The molecule has 0 aromatic rings. The van der Waals surface area contributed by atoms with Gasteiger partial charge in [-0.1, -0.05) is 0 Å². The van der Waals surface area contributed by atoms with Crippen molar-refractivity contribution < 1.29 is 18.9 Å². The van der Waals surface area contributed by atoms with Crippen LogP contribution in [0, 0.1) is 5.92 Å². The second kappa shape index (κ2) is 2.92. The molecule has 4 heteroatoms. The standard InChI is InChI=1S/C10H16O4/c1-10(2)13-8-6-3-4-11-5-7(6)12-9(8)14-10/h6-9H,3-5H2,1-2H3/t6-,7-,8-,9-/m1/s1. The Morgan fingerprint density at radius 1 is 1.21 bits per heavy atom. The number of rotatable bonds is 0. The smallest absolute Gasteiger partial charge is 0.187 e. The van der Waals surface area contributed by atoms with E-state index in [2.05, 4.69) is 0 Å². The van der Waals surface area contributed by atoms with Crippen molar-refractivity contribution in [1.29, 1.82) is 0 Å². The van der Waals surface area contributed by atoms with Gasteiger partial charge in [-0.15, -0.1) is 0 Å². The van der Waals surface area contributed by atoms with Gasteiger partial charge in [-0.2, -0.15) is 0 Å². The fourth-order valence-corrected chi connectivity index (χ4v) is 2.57. The van der Waals surface area contributed by atoms with Gasteiger partial charge in [-0.3, -0.25) is 0 Å². The van der Waals surface area contributed by atoms with E-state index < -0.39 is 5.79 Å². The van der Waals surface area contributed by atoms with Crippen molar-refractivity contribution in [2.45, 2.75) is 44.6 Å². The molecule has 0 unspecified atom stereocenters. The van der Waals surface area contributed by atoms with E-state index >= 15 is 0 Å². The van der Waals surface area contributed by atoms with E-state index in [9.17, 15) is 0 Å². The van der Waals surface area contributed by atoms with E-state index in [1.165, 1.54) is 0 Å². The van der Waals surface area contributed by atoms with Gasteiger partial charge in [-0.25, -0.2) is 0 Å². The molecule has 0 radical (unpaired) electrons. The number of fused-ring (bicyclic) bond motifs is 3. The zero-order chi connectivity index (χ0) is 9.76. The van der Waals surface area contributed by atoms with Crippen molar-refractivity contribution in [3.8, 4) is 0 Å². The Hall–Kier alpha value is -0.160. The van der Waals surface area contributed by atoms with Gasteiger partial charge in [-0.05, 0) is 20.3 Å². The van der Waals surface area contributed by atoms with Gasteiger partial charge >= 0.3 is 0 Å². The summed E-state index contributed by atoms with van der Waals surface area (Å²) in [5.74, 6) is -0.0333. The Morgan fingerprint density at radius 3 is 2.93 bits per heavy atom. The fourth-order valence-electron chi connectivity index (χ4n) is 2.57. The molecule has 0 aliphatic carbocycles. The molecule has 3 rings (SSSR count). The first-order valence-electron chi connectivity index (χ1n) is 5.24. The van der Waals surface area contributed by atoms with Crippen LogP contribution in [0.15, 0.2) is 0 Å². The third kappa shape index (κ3) is 1.29. The average molecular weight is 200 g/mol. The third-order valence-electron chi connectivity index (χ3n) is 3.17. The van der Waals surface area contributed by atoms with Crippen LogP contribution in [-0.2, 0) is 18.9 Å². The summed E-state index contributed by atoms with van der Waals surface area (Å²) in [5.41, 5.74) is 0. The summed E-state index contributed by atoms with van der Waals surface area (Å²) in [6.45, 7) is 5.37. The maximum absolute atomic E-state index is 5.84. The van der Waals surface area contributed by atoms with Gasteiger partial charge in [0.25, 0.3) is 0 Å². The summed E-state index contributed by atoms with van der Waals surface area (Å²) in [4.78, 5) is 0. The Balaban J connectivity index is 1.78. The first-order valence-corrected chi connectivity index (χ1v) is 5.24. The molecule has 0 amide bonds. The van der Waals surface area contributed by atoms with Crippen LogP contribution < -0.4 is 0 Å². The molecule has 3 heterocycles. The van der Waals surface area contributed by atoms with Crippen LogP contribution in [0.25, 0.3) is 0 Å². The predicted octanol–water partition coefficient (Wildman–Crippen LogP) is 0.899. The predicted molar refractivity (Wildman–Crippen MR) is 47.6 cm³/mol. The molecule has 0 N–H and O–H groups in total. The van der Waals surface area contributed by atoms with Crippen LogP contribution in [0.2, 0.25) is 0 Å². The third-order valence-corrected chi connectivity index (χ3v) is 3.17. The minimum Gasteiger partial charge on any atom is -0.379 e. The molecule has 3 fully saturated rings. The average Bonchev–Trinajstić information content (AvgIpc) is 2.56. The maximum atomic E-state index is 5.84. The molecule has 14 heavy (non-hydrogen) atoms. The molecule has 4 nitrogen and oxygen atoms in total. The zero-order valence-electron chi connectivity index (χ0n) is 8.56. The summed E-state index contributed by atoms with van der Waals surface area (Å²) in [6.07, 6.45) is 1.13. The number of hydrogen-bond donors (Lipinski definition) is 0. The highest BCUT2D eigenvalue weighted by molar-refractivity contribution is 4.93. The van der Waals surface area contributed by atoms with Crippen LogP contribution in [-0.4, -0.2) is 37.5 Å². The van der Waals surface area contributed by atoms with Crippen LogP contribution in [0.5, 0.6) is 0 Å². The normalized spacial score (nSPS) is 50.1. The van der Waals surface area contributed by atoms with E-state index in [1.54, 1.807) is 0 Å². The lowest BCUT2D eigenvalue weighted by Crippen LogP contribution is -2.36. The Labute approximate surface area is 83.5 Å². The van der Waals surface area contributed by atoms with Crippen LogP contribution in [0.3, 0.4) is 0 Å². The fraction of sp³-hybridized carbons (Fsp3) is 1.00. The summed E-state index contributed by atoms with van der Waals surface area (Å²) < 4.78 is 22.6. The molecule has 0 spiro atoms. The molecule has 80 valence electrons. The Kier molecular flexibility index (Phi) is 1.89. The van der Waals surface area contributed by atoms with Gasteiger partial charge < -0.3 is 18.9 Å². The van der Waals surface area contributed by atoms with Gasteiger partial charge in [0.1, 0.15) is 6.10 Å². The highest BCUT2D eigenvalue weighted by Gasteiger charge is 2.55. The van der Waals surface area contributed by atoms with Gasteiger partial charge in [0, 0.05) is 12.5 Å². The highest BCUT2D eigenvalue weighted by Crippen LogP contribution is 2.43. The van der Waals surface area contributed by atoms with E-state index in [1.807, 2.05) is 13.8 Å². The number of ether oxygens (including phenoxy) is 4. The van der Waals surface area contributed by atoms with Crippen LogP contribution in [0.4, 0.5) is 0 Å². The van der Waals surface area contributed by atoms with E-state index in [0.29, 0.717) is 12.5 Å². The second-order valence-electron chi connectivity index (χ2n) is 4.67. The monoisotopic (exact) mass is 200 g/mol.